The van der Waals surface area contributed by atoms with Crippen LogP contribution in [-0.2, 0) is 4.79 Å². The number of carboxylic acid groups (broad SMARTS) is 1. The molecule has 1 aliphatic rings. The van der Waals surface area contributed by atoms with Crippen LogP contribution in [0.1, 0.15) is 30.1 Å². The van der Waals surface area contributed by atoms with Crippen LogP contribution < -0.4 is 4.74 Å². The second-order valence-corrected chi connectivity index (χ2v) is 5.14. The highest BCUT2D eigenvalue weighted by Gasteiger charge is 2.34. The molecular formula is C14H16ClNO5. The van der Waals surface area contributed by atoms with Crippen molar-refractivity contribution in [2.75, 3.05) is 13.2 Å². The van der Waals surface area contributed by atoms with Gasteiger partial charge in [0.15, 0.2) is 11.5 Å². The van der Waals surface area contributed by atoms with Crippen molar-refractivity contribution in [1.82, 2.24) is 4.90 Å². The van der Waals surface area contributed by atoms with Gasteiger partial charge in [0.2, 0.25) is 0 Å². The van der Waals surface area contributed by atoms with E-state index in [2.05, 4.69) is 0 Å². The van der Waals surface area contributed by atoms with Gasteiger partial charge in [-0.2, -0.15) is 0 Å². The number of benzene rings is 1. The van der Waals surface area contributed by atoms with E-state index in [9.17, 15) is 14.7 Å². The van der Waals surface area contributed by atoms with Gasteiger partial charge >= 0.3 is 5.97 Å². The molecule has 6 nitrogen and oxygen atoms in total. The summed E-state index contributed by atoms with van der Waals surface area (Å²) < 4.78 is 5.22. The van der Waals surface area contributed by atoms with Crippen LogP contribution >= 0.6 is 11.6 Å². The molecule has 2 rings (SSSR count). The van der Waals surface area contributed by atoms with E-state index >= 15 is 0 Å². The van der Waals surface area contributed by atoms with Crippen LogP contribution in [0.25, 0.3) is 0 Å². The van der Waals surface area contributed by atoms with Crippen LogP contribution in [0.3, 0.4) is 0 Å². The fourth-order valence-corrected chi connectivity index (χ4v) is 2.61. The minimum absolute atomic E-state index is 0.00429. The summed E-state index contributed by atoms with van der Waals surface area (Å²) in [4.78, 5) is 24.9. The normalized spacial score (nSPS) is 17.8. The molecule has 7 heteroatoms. The second-order valence-electron chi connectivity index (χ2n) is 4.73. The highest BCUT2D eigenvalue weighted by molar-refractivity contribution is 6.32. The Morgan fingerprint density at radius 3 is 2.81 bits per heavy atom. The molecule has 0 unspecified atom stereocenters. The molecule has 0 radical (unpaired) electrons. The molecule has 0 spiro atoms. The Bertz CT molecular complexity index is 575. The minimum atomic E-state index is -1.02. The number of carbonyl (C=O) groups is 2. The van der Waals surface area contributed by atoms with E-state index in [0.717, 1.165) is 0 Å². The summed E-state index contributed by atoms with van der Waals surface area (Å²) in [7, 11) is 0. The molecule has 1 aromatic carbocycles. The Kier molecular flexibility index (Phi) is 4.57. The summed E-state index contributed by atoms with van der Waals surface area (Å²) in [6.45, 7) is 2.43. The van der Waals surface area contributed by atoms with E-state index < -0.39 is 17.9 Å². The molecule has 0 aliphatic carbocycles. The number of phenolic OH excluding ortho intramolecular Hbond substituents is 1. The van der Waals surface area contributed by atoms with E-state index in [1.165, 1.54) is 17.0 Å². The van der Waals surface area contributed by atoms with E-state index in [1.54, 1.807) is 6.92 Å². The van der Waals surface area contributed by atoms with Crippen LogP contribution in [0.5, 0.6) is 11.5 Å². The Labute approximate surface area is 126 Å². The number of carbonyl (C=O) groups excluding carboxylic acids is 1. The Balaban J connectivity index is 2.33. The molecule has 1 fully saturated rings. The number of ether oxygens (including phenoxy) is 1. The van der Waals surface area contributed by atoms with Crippen molar-refractivity contribution in [3.63, 3.8) is 0 Å². The molecule has 21 heavy (non-hydrogen) atoms. The number of aromatic hydroxyl groups is 1. The standard InChI is InChI=1S/C14H16ClNO5/c1-2-21-11-7-8(6-9(15)12(11)17)13(18)16-5-3-4-10(16)14(19)20/h6-7,10,17H,2-5H2,1H3,(H,19,20)/t10-/m0/s1. The molecule has 1 aliphatic heterocycles. The van der Waals surface area contributed by atoms with E-state index in [4.69, 9.17) is 21.4 Å². The average Bonchev–Trinajstić information content (AvgIpc) is 2.92. The molecule has 0 bridgehead atoms. The fraction of sp³-hybridized carbons (Fsp3) is 0.429. The highest BCUT2D eigenvalue weighted by Crippen LogP contribution is 2.36. The lowest BCUT2D eigenvalue weighted by molar-refractivity contribution is -0.141. The quantitative estimate of drug-likeness (QED) is 0.889. The van der Waals surface area contributed by atoms with Crippen LogP contribution in [0.4, 0.5) is 0 Å². The second kappa shape index (κ2) is 6.22. The Morgan fingerprint density at radius 2 is 2.19 bits per heavy atom. The lowest BCUT2D eigenvalue weighted by Crippen LogP contribution is -2.40. The summed E-state index contributed by atoms with van der Waals surface area (Å²) in [5.41, 5.74) is 0.203. The number of nitrogens with zero attached hydrogens (tertiary/aromatic N) is 1. The van der Waals surface area contributed by atoms with Crippen molar-refractivity contribution in [2.45, 2.75) is 25.8 Å². The average molecular weight is 314 g/mol. The smallest absolute Gasteiger partial charge is 0.326 e. The van der Waals surface area contributed by atoms with Crippen LogP contribution in [-0.4, -0.2) is 46.2 Å². The molecule has 1 heterocycles. The zero-order valence-corrected chi connectivity index (χ0v) is 12.3. The summed E-state index contributed by atoms with van der Waals surface area (Å²) in [6, 6.07) is 1.88. The SMILES string of the molecule is CCOc1cc(C(=O)N2CCC[C@H]2C(=O)O)cc(Cl)c1O. The molecule has 1 aromatic rings. The van der Waals surface area contributed by atoms with E-state index in [1.807, 2.05) is 0 Å². The first-order valence-corrected chi connectivity index (χ1v) is 7.02. The number of hydrogen-bond donors (Lipinski definition) is 2. The summed E-state index contributed by atoms with van der Waals surface area (Å²) in [5.74, 6) is -1.57. The third-order valence-electron chi connectivity index (χ3n) is 3.37. The van der Waals surface area contributed by atoms with Gasteiger partial charge in [-0.1, -0.05) is 11.6 Å². The maximum absolute atomic E-state index is 12.4. The molecule has 1 amide bonds. The molecule has 114 valence electrons. The van der Waals surface area contributed by atoms with Gasteiger partial charge in [-0.15, -0.1) is 0 Å². The molecule has 0 saturated carbocycles. The predicted molar refractivity (Wildman–Crippen MR) is 76.0 cm³/mol. The fourth-order valence-electron chi connectivity index (χ4n) is 2.40. The van der Waals surface area contributed by atoms with Crippen molar-refractivity contribution < 1.29 is 24.5 Å². The third kappa shape index (κ3) is 3.05. The lowest BCUT2D eigenvalue weighted by Gasteiger charge is -2.22. The van der Waals surface area contributed by atoms with Crippen molar-refractivity contribution in [2.24, 2.45) is 0 Å². The Morgan fingerprint density at radius 1 is 1.48 bits per heavy atom. The lowest BCUT2D eigenvalue weighted by atomic mass is 10.1. The highest BCUT2D eigenvalue weighted by atomic mass is 35.5. The zero-order chi connectivity index (χ0) is 15.6. The first-order chi connectivity index (χ1) is 9.95. The molecular weight excluding hydrogens is 298 g/mol. The summed E-state index contributed by atoms with van der Waals surface area (Å²) in [6.07, 6.45) is 1.08. The van der Waals surface area contributed by atoms with Gasteiger partial charge in [-0.05, 0) is 31.9 Å². The van der Waals surface area contributed by atoms with Crippen molar-refractivity contribution in [3.8, 4) is 11.5 Å². The number of rotatable bonds is 4. The van der Waals surface area contributed by atoms with Gasteiger partial charge in [-0.25, -0.2) is 4.79 Å². The van der Waals surface area contributed by atoms with Crippen molar-refractivity contribution in [1.29, 1.82) is 0 Å². The minimum Gasteiger partial charge on any atom is -0.503 e. The van der Waals surface area contributed by atoms with Gasteiger partial charge in [0.25, 0.3) is 5.91 Å². The number of phenols is 1. The van der Waals surface area contributed by atoms with Gasteiger partial charge in [0.1, 0.15) is 6.04 Å². The van der Waals surface area contributed by atoms with E-state index in [-0.39, 0.29) is 22.1 Å². The molecule has 0 aromatic heterocycles. The van der Waals surface area contributed by atoms with Gasteiger partial charge < -0.3 is 19.8 Å². The Hall–Kier alpha value is -1.95. The molecule has 1 saturated heterocycles. The van der Waals surface area contributed by atoms with E-state index in [0.29, 0.717) is 26.0 Å². The number of carboxylic acids is 1. The maximum atomic E-state index is 12.4. The van der Waals surface area contributed by atoms with Gasteiger partial charge in [-0.3, -0.25) is 4.79 Å². The number of halogens is 1. The first-order valence-electron chi connectivity index (χ1n) is 6.64. The van der Waals surface area contributed by atoms with Gasteiger partial charge in [0.05, 0.1) is 11.6 Å². The maximum Gasteiger partial charge on any atom is 0.326 e. The topological polar surface area (TPSA) is 87.1 Å². The molecule has 2 N–H and O–H groups in total. The van der Waals surface area contributed by atoms with Gasteiger partial charge in [0, 0.05) is 12.1 Å². The molecule has 1 atom stereocenters. The van der Waals surface area contributed by atoms with Crippen LogP contribution in [0.15, 0.2) is 12.1 Å². The zero-order valence-electron chi connectivity index (χ0n) is 11.5. The monoisotopic (exact) mass is 313 g/mol. The van der Waals surface area contributed by atoms with Crippen LogP contribution in [0, 0.1) is 0 Å². The summed E-state index contributed by atoms with van der Waals surface area (Å²) in [5, 5.41) is 18.9. The van der Waals surface area contributed by atoms with Crippen LogP contribution in [0.2, 0.25) is 5.02 Å². The number of aliphatic carboxylic acids is 1. The first kappa shape index (κ1) is 15.4. The largest absolute Gasteiger partial charge is 0.503 e. The predicted octanol–water partition coefficient (Wildman–Crippen LogP) is 2.13. The van der Waals surface area contributed by atoms with Crippen molar-refractivity contribution in [3.05, 3.63) is 22.7 Å². The summed E-state index contributed by atoms with van der Waals surface area (Å²) >= 11 is 5.89. The number of hydrogen-bond acceptors (Lipinski definition) is 4. The third-order valence-corrected chi connectivity index (χ3v) is 3.66. The number of likely N-dealkylation sites (tertiary alicyclic amines) is 1. The number of amides is 1. The van der Waals surface area contributed by atoms with Crippen molar-refractivity contribution >= 4 is 23.5 Å².